The van der Waals surface area contributed by atoms with Gasteiger partial charge in [-0.05, 0) is 12.1 Å². The van der Waals surface area contributed by atoms with E-state index in [2.05, 4.69) is 20.5 Å². The molecule has 142 valence electrons. The lowest BCUT2D eigenvalue weighted by Gasteiger charge is -2.05. The summed E-state index contributed by atoms with van der Waals surface area (Å²) in [7, 11) is 1.91. The van der Waals surface area contributed by atoms with Gasteiger partial charge < -0.3 is 14.3 Å². The minimum Gasteiger partial charge on any atom is -0.408 e. The number of carbonyl (C=O) groups is 1. The van der Waals surface area contributed by atoms with Crippen molar-refractivity contribution in [2.75, 3.05) is 11.1 Å². The molecule has 0 unspecified atom stereocenters. The van der Waals surface area contributed by atoms with E-state index in [0.717, 1.165) is 16.5 Å². The predicted molar refractivity (Wildman–Crippen MR) is 107 cm³/mol. The first kappa shape index (κ1) is 18.1. The van der Waals surface area contributed by atoms with Gasteiger partial charge in [0, 0.05) is 36.5 Å². The van der Waals surface area contributed by atoms with Crippen LogP contribution in [0.2, 0.25) is 0 Å². The number of amides is 1. The molecule has 0 saturated heterocycles. The van der Waals surface area contributed by atoms with Crippen LogP contribution in [0.25, 0.3) is 22.5 Å². The number of benzene rings is 2. The second-order valence-corrected chi connectivity index (χ2v) is 7.17. The van der Waals surface area contributed by atoms with Crippen LogP contribution in [0.5, 0.6) is 0 Å². The minimum absolute atomic E-state index is 0.129. The lowest BCUT2D eigenvalue weighted by Crippen LogP contribution is -2.12. The molecule has 0 aliphatic heterocycles. The van der Waals surface area contributed by atoms with Gasteiger partial charge in [-0.15, -0.1) is 10.2 Å². The molecule has 0 spiro atoms. The quantitative estimate of drug-likeness (QED) is 0.486. The number of aromatic amines is 1. The molecule has 2 N–H and O–H groups in total. The number of H-pyrrole nitrogens is 1. The molecule has 2 aromatic heterocycles. The molecular weight excluding hydrogens is 378 g/mol. The zero-order valence-corrected chi connectivity index (χ0v) is 15.8. The summed E-state index contributed by atoms with van der Waals surface area (Å²) in [5.74, 6) is 0.700. The predicted octanol–water partition coefficient (Wildman–Crippen LogP) is 3.04. The Morgan fingerprint density at radius 3 is 2.86 bits per heavy atom. The Labute approximate surface area is 164 Å². The third-order valence-corrected chi connectivity index (χ3v) is 5.15. The molecule has 8 nitrogen and oxygen atoms in total. The van der Waals surface area contributed by atoms with E-state index in [1.807, 2.05) is 41.9 Å². The molecule has 0 radical (unpaired) electrons. The first-order valence-electron chi connectivity index (χ1n) is 8.60. The summed E-state index contributed by atoms with van der Waals surface area (Å²) in [6.07, 6.45) is 0.313. The summed E-state index contributed by atoms with van der Waals surface area (Å²) < 4.78 is 6.91. The number of rotatable bonds is 6. The van der Waals surface area contributed by atoms with Crippen molar-refractivity contribution in [2.24, 2.45) is 7.05 Å². The summed E-state index contributed by atoms with van der Waals surface area (Å²) in [4.78, 5) is 25.9. The Morgan fingerprint density at radius 1 is 1.21 bits per heavy atom. The fraction of sp³-hybridized carbons (Fsp3) is 0.158. The molecule has 0 fully saturated rings. The number of nitrogens with zero attached hydrogens (tertiary/aromatic N) is 3. The van der Waals surface area contributed by atoms with Gasteiger partial charge in [-0.3, -0.25) is 9.78 Å². The highest BCUT2D eigenvalue weighted by Crippen LogP contribution is 2.23. The smallest absolute Gasteiger partial charge is 0.408 e. The van der Waals surface area contributed by atoms with Gasteiger partial charge in [-0.2, -0.15) is 0 Å². The van der Waals surface area contributed by atoms with Crippen LogP contribution in [0.4, 0.5) is 5.69 Å². The number of nitrogens with one attached hydrogen (secondary N) is 2. The van der Waals surface area contributed by atoms with E-state index in [-0.39, 0.29) is 5.91 Å². The molecule has 2 heterocycles. The summed E-state index contributed by atoms with van der Waals surface area (Å²) in [6, 6.07) is 14.9. The molecule has 0 saturated carbocycles. The number of fused-ring (bicyclic) bond motifs is 1. The average Bonchev–Trinajstić information content (AvgIpc) is 3.24. The van der Waals surface area contributed by atoms with Crippen molar-refractivity contribution in [3.05, 3.63) is 59.1 Å². The minimum atomic E-state index is -0.520. The highest BCUT2D eigenvalue weighted by Gasteiger charge is 2.12. The van der Waals surface area contributed by atoms with E-state index in [0.29, 0.717) is 29.0 Å². The van der Waals surface area contributed by atoms with Gasteiger partial charge in [0.1, 0.15) is 0 Å². The second-order valence-electron chi connectivity index (χ2n) is 6.10. The van der Waals surface area contributed by atoms with Gasteiger partial charge in [0.05, 0.1) is 5.52 Å². The summed E-state index contributed by atoms with van der Waals surface area (Å²) in [6.45, 7) is 0. The Morgan fingerprint density at radius 2 is 2.04 bits per heavy atom. The summed E-state index contributed by atoms with van der Waals surface area (Å²) in [5, 5.41) is 12.0. The maximum absolute atomic E-state index is 12.2. The van der Waals surface area contributed by atoms with Gasteiger partial charge in [0.25, 0.3) is 0 Å². The number of carbonyl (C=O) groups excluding carboxylic acids is 1. The van der Waals surface area contributed by atoms with Gasteiger partial charge in [0.15, 0.2) is 16.6 Å². The number of anilines is 1. The first-order chi connectivity index (χ1) is 13.6. The topological polar surface area (TPSA) is 106 Å². The van der Waals surface area contributed by atoms with Crippen molar-refractivity contribution in [3.8, 4) is 11.4 Å². The molecule has 28 heavy (non-hydrogen) atoms. The largest absolute Gasteiger partial charge is 0.417 e. The molecule has 4 aromatic rings. The van der Waals surface area contributed by atoms with Crippen LogP contribution in [-0.4, -0.2) is 31.4 Å². The van der Waals surface area contributed by atoms with Crippen LogP contribution in [0, 0.1) is 0 Å². The Kier molecular flexibility index (Phi) is 4.98. The zero-order chi connectivity index (χ0) is 19.5. The fourth-order valence-electron chi connectivity index (χ4n) is 2.76. The summed E-state index contributed by atoms with van der Waals surface area (Å²) >= 11 is 1.47. The van der Waals surface area contributed by atoms with Crippen molar-refractivity contribution < 1.29 is 9.21 Å². The molecule has 4 rings (SSSR count). The molecule has 1 amide bonds. The Hall–Kier alpha value is -3.33. The molecular formula is C19H17N5O3S. The van der Waals surface area contributed by atoms with E-state index in [4.69, 9.17) is 4.42 Å². The molecule has 0 aliphatic rings. The lowest BCUT2D eigenvalue weighted by atomic mass is 10.2. The van der Waals surface area contributed by atoms with Gasteiger partial charge in [-0.25, -0.2) is 4.79 Å². The molecule has 0 bridgehead atoms. The third kappa shape index (κ3) is 3.84. The summed E-state index contributed by atoms with van der Waals surface area (Å²) in [5.41, 5.74) is 2.57. The van der Waals surface area contributed by atoms with E-state index in [1.165, 1.54) is 11.8 Å². The van der Waals surface area contributed by atoms with Gasteiger partial charge in [-0.1, -0.05) is 42.1 Å². The van der Waals surface area contributed by atoms with Crippen molar-refractivity contribution in [2.45, 2.75) is 11.6 Å². The van der Waals surface area contributed by atoms with Crippen LogP contribution in [0.3, 0.4) is 0 Å². The number of oxazole rings is 1. The second kappa shape index (κ2) is 7.73. The fourth-order valence-corrected chi connectivity index (χ4v) is 3.61. The molecule has 0 aliphatic carbocycles. The molecule has 9 heteroatoms. The number of thioether (sulfide) groups is 1. The number of hydrogen-bond acceptors (Lipinski definition) is 6. The van der Waals surface area contributed by atoms with Crippen molar-refractivity contribution in [3.63, 3.8) is 0 Å². The van der Waals surface area contributed by atoms with Crippen LogP contribution in [0.1, 0.15) is 6.42 Å². The highest BCUT2D eigenvalue weighted by molar-refractivity contribution is 7.99. The van der Waals surface area contributed by atoms with Crippen LogP contribution in [0.15, 0.2) is 62.9 Å². The van der Waals surface area contributed by atoms with E-state index in [1.54, 1.807) is 18.2 Å². The Balaban J connectivity index is 1.34. The highest BCUT2D eigenvalue weighted by atomic mass is 32.2. The lowest BCUT2D eigenvalue weighted by molar-refractivity contribution is -0.115. The van der Waals surface area contributed by atoms with E-state index < -0.39 is 5.76 Å². The maximum atomic E-state index is 12.2. The van der Waals surface area contributed by atoms with Gasteiger partial charge in [0.2, 0.25) is 5.91 Å². The third-order valence-electron chi connectivity index (χ3n) is 4.13. The number of hydrogen-bond donors (Lipinski definition) is 2. The average molecular weight is 395 g/mol. The van der Waals surface area contributed by atoms with Crippen molar-refractivity contribution >= 4 is 34.5 Å². The van der Waals surface area contributed by atoms with Gasteiger partial charge >= 0.3 is 5.76 Å². The van der Waals surface area contributed by atoms with E-state index >= 15 is 0 Å². The van der Waals surface area contributed by atoms with E-state index in [9.17, 15) is 9.59 Å². The van der Waals surface area contributed by atoms with Crippen molar-refractivity contribution in [1.29, 1.82) is 0 Å². The zero-order valence-electron chi connectivity index (χ0n) is 15.0. The van der Waals surface area contributed by atoms with Crippen LogP contribution in [-0.2, 0) is 11.8 Å². The van der Waals surface area contributed by atoms with Crippen LogP contribution >= 0.6 is 11.8 Å². The molecule has 2 aromatic carbocycles. The monoisotopic (exact) mass is 395 g/mol. The normalized spacial score (nSPS) is 11.0. The maximum Gasteiger partial charge on any atom is 0.417 e. The van der Waals surface area contributed by atoms with Crippen LogP contribution < -0.4 is 11.1 Å². The first-order valence-corrected chi connectivity index (χ1v) is 9.59. The Bertz CT molecular complexity index is 1180. The SMILES string of the molecule is Cn1c(SCCC(=O)Nc2ccc3[nH]c(=O)oc3c2)nnc1-c1ccccc1. The number of aromatic nitrogens is 4. The standard InChI is InChI=1S/C19H17N5O3S/c1-24-17(12-5-3-2-4-6-12)22-23-18(24)28-10-9-16(25)20-13-7-8-14-15(11-13)27-19(26)21-14/h2-8,11H,9-10H2,1H3,(H,20,25)(H,21,26). The van der Waals surface area contributed by atoms with Crippen molar-refractivity contribution in [1.82, 2.24) is 19.7 Å². The molecule has 0 atom stereocenters.